The number of carboxylic acids is 1. The summed E-state index contributed by atoms with van der Waals surface area (Å²) in [5.74, 6) is -1.24. The van der Waals surface area contributed by atoms with Gasteiger partial charge in [-0.1, -0.05) is 24.3 Å². The molecule has 3 rings (SSSR count). The third-order valence-corrected chi connectivity index (χ3v) is 4.45. The molecule has 7 nitrogen and oxygen atoms in total. The molecule has 1 aromatic heterocycles. The molecule has 0 fully saturated rings. The maximum atomic E-state index is 12.5. The quantitative estimate of drug-likeness (QED) is 0.667. The van der Waals surface area contributed by atoms with E-state index in [1.807, 2.05) is 37.3 Å². The SMILES string of the molecule is CCn1c(=O)n(CC(=O)NCCc2cccc(C(=O)O)c2)c2ccccc21. The lowest BCUT2D eigenvalue weighted by Crippen LogP contribution is -2.34. The first kappa shape index (κ1) is 18.4. The number of nitrogens with zero attached hydrogens (tertiary/aromatic N) is 2. The van der Waals surface area contributed by atoms with Gasteiger partial charge in [0.15, 0.2) is 0 Å². The monoisotopic (exact) mass is 367 g/mol. The molecule has 0 saturated heterocycles. The van der Waals surface area contributed by atoms with Gasteiger partial charge in [-0.25, -0.2) is 9.59 Å². The molecule has 0 aliphatic rings. The van der Waals surface area contributed by atoms with Crippen molar-refractivity contribution in [2.75, 3.05) is 6.54 Å². The van der Waals surface area contributed by atoms with E-state index in [9.17, 15) is 14.4 Å². The van der Waals surface area contributed by atoms with Crippen molar-refractivity contribution in [3.63, 3.8) is 0 Å². The van der Waals surface area contributed by atoms with Crippen LogP contribution < -0.4 is 11.0 Å². The first-order valence-electron chi connectivity index (χ1n) is 8.78. The number of carbonyl (C=O) groups is 2. The highest BCUT2D eigenvalue weighted by atomic mass is 16.4. The predicted octanol–water partition coefficient (Wildman–Crippen LogP) is 1.88. The van der Waals surface area contributed by atoms with Crippen molar-refractivity contribution in [1.82, 2.24) is 14.5 Å². The lowest BCUT2D eigenvalue weighted by atomic mass is 10.1. The zero-order valence-electron chi connectivity index (χ0n) is 15.0. The third-order valence-electron chi connectivity index (χ3n) is 4.45. The van der Waals surface area contributed by atoms with Crippen LogP contribution in [-0.4, -0.2) is 32.7 Å². The number of para-hydroxylation sites is 2. The number of carbonyl (C=O) groups excluding carboxylic acids is 1. The van der Waals surface area contributed by atoms with Crippen molar-refractivity contribution < 1.29 is 14.7 Å². The second kappa shape index (κ2) is 7.90. The standard InChI is InChI=1S/C20H21N3O4/c1-2-22-16-8-3-4-9-17(16)23(20(22)27)13-18(24)21-11-10-14-6-5-7-15(12-14)19(25)26/h3-9,12H,2,10-11,13H2,1H3,(H,21,24)(H,25,26). The zero-order valence-corrected chi connectivity index (χ0v) is 15.0. The molecule has 0 unspecified atom stereocenters. The minimum Gasteiger partial charge on any atom is -0.478 e. The average molecular weight is 367 g/mol. The smallest absolute Gasteiger partial charge is 0.335 e. The van der Waals surface area contributed by atoms with Crippen LogP contribution in [0.15, 0.2) is 53.3 Å². The van der Waals surface area contributed by atoms with E-state index < -0.39 is 5.97 Å². The van der Waals surface area contributed by atoms with Crippen molar-refractivity contribution in [1.29, 1.82) is 0 Å². The summed E-state index contributed by atoms with van der Waals surface area (Å²) in [6.45, 7) is 2.74. The number of nitrogens with one attached hydrogen (secondary N) is 1. The fraction of sp³-hybridized carbons (Fsp3) is 0.250. The minimum atomic E-state index is -0.979. The highest BCUT2D eigenvalue weighted by Crippen LogP contribution is 2.12. The molecule has 3 aromatic rings. The van der Waals surface area contributed by atoms with Gasteiger partial charge >= 0.3 is 11.7 Å². The van der Waals surface area contributed by atoms with E-state index in [0.29, 0.717) is 19.5 Å². The molecule has 7 heteroatoms. The van der Waals surface area contributed by atoms with Crippen molar-refractivity contribution in [3.05, 3.63) is 70.1 Å². The average Bonchev–Trinajstić information content (AvgIpc) is 2.93. The summed E-state index contributed by atoms with van der Waals surface area (Å²) in [5, 5.41) is 11.8. The van der Waals surface area contributed by atoms with Crippen LogP contribution in [0.25, 0.3) is 11.0 Å². The summed E-state index contributed by atoms with van der Waals surface area (Å²) in [6, 6.07) is 14.0. The molecule has 0 bridgehead atoms. The molecule has 140 valence electrons. The van der Waals surface area contributed by atoms with E-state index in [2.05, 4.69) is 5.32 Å². The first-order valence-corrected chi connectivity index (χ1v) is 8.78. The van der Waals surface area contributed by atoms with Crippen LogP contribution in [0.1, 0.15) is 22.8 Å². The highest BCUT2D eigenvalue weighted by Gasteiger charge is 2.14. The molecule has 0 saturated carbocycles. The van der Waals surface area contributed by atoms with E-state index in [1.165, 1.54) is 10.6 Å². The van der Waals surface area contributed by atoms with Gasteiger partial charge in [0.1, 0.15) is 6.54 Å². The fourth-order valence-electron chi connectivity index (χ4n) is 3.14. The number of aryl methyl sites for hydroxylation is 1. The Hall–Kier alpha value is -3.35. The van der Waals surface area contributed by atoms with Crippen LogP contribution in [0, 0.1) is 0 Å². The number of rotatable bonds is 7. The number of benzene rings is 2. The van der Waals surface area contributed by atoms with Crippen LogP contribution in [-0.2, 0) is 24.3 Å². The maximum Gasteiger partial charge on any atom is 0.335 e. The Morgan fingerprint density at radius 3 is 2.41 bits per heavy atom. The van der Waals surface area contributed by atoms with Gasteiger partial charge in [0.2, 0.25) is 5.91 Å². The highest BCUT2D eigenvalue weighted by molar-refractivity contribution is 5.87. The van der Waals surface area contributed by atoms with E-state index in [0.717, 1.165) is 16.6 Å². The zero-order chi connectivity index (χ0) is 19.4. The summed E-state index contributed by atoms with van der Waals surface area (Å²) < 4.78 is 3.11. The topological polar surface area (TPSA) is 93.3 Å². The van der Waals surface area contributed by atoms with Crippen LogP contribution in [0.3, 0.4) is 0 Å². The van der Waals surface area contributed by atoms with Gasteiger partial charge in [0.05, 0.1) is 16.6 Å². The number of fused-ring (bicyclic) bond motifs is 1. The molecule has 1 heterocycles. The molecule has 0 aliphatic carbocycles. The maximum absolute atomic E-state index is 12.5. The normalized spacial score (nSPS) is 10.9. The number of aromatic carboxylic acids is 1. The number of amides is 1. The molecular weight excluding hydrogens is 346 g/mol. The van der Waals surface area contributed by atoms with Crippen molar-refractivity contribution in [2.45, 2.75) is 26.4 Å². The van der Waals surface area contributed by atoms with Crippen LogP contribution in [0.5, 0.6) is 0 Å². The van der Waals surface area contributed by atoms with Crippen LogP contribution in [0.2, 0.25) is 0 Å². The van der Waals surface area contributed by atoms with E-state index in [-0.39, 0.29) is 23.7 Å². The second-order valence-corrected chi connectivity index (χ2v) is 6.21. The summed E-state index contributed by atoms with van der Waals surface area (Å²) in [4.78, 5) is 35.8. The van der Waals surface area contributed by atoms with Gasteiger partial charge in [0.25, 0.3) is 0 Å². The second-order valence-electron chi connectivity index (χ2n) is 6.21. The Kier molecular flexibility index (Phi) is 5.40. The summed E-state index contributed by atoms with van der Waals surface area (Å²) in [5.41, 5.74) is 2.38. The molecule has 2 aromatic carbocycles. The van der Waals surface area contributed by atoms with Crippen molar-refractivity contribution in [2.24, 2.45) is 0 Å². The number of hydrogen-bond acceptors (Lipinski definition) is 3. The van der Waals surface area contributed by atoms with Crippen LogP contribution in [0.4, 0.5) is 0 Å². The molecule has 0 spiro atoms. The Labute approximate surface area is 155 Å². The largest absolute Gasteiger partial charge is 0.478 e. The van der Waals surface area contributed by atoms with Crippen molar-refractivity contribution >= 4 is 22.9 Å². The van der Waals surface area contributed by atoms with E-state index >= 15 is 0 Å². The van der Waals surface area contributed by atoms with Gasteiger partial charge in [-0.2, -0.15) is 0 Å². The molecular formula is C20H21N3O4. The summed E-state index contributed by atoms with van der Waals surface area (Å²) >= 11 is 0. The summed E-state index contributed by atoms with van der Waals surface area (Å²) in [7, 11) is 0. The van der Waals surface area contributed by atoms with Gasteiger partial charge in [-0.3, -0.25) is 13.9 Å². The molecule has 1 amide bonds. The third kappa shape index (κ3) is 3.92. The van der Waals surface area contributed by atoms with Crippen molar-refractivity contribution in [3.8, 4) is 0 Å². The number of imidazole rings is 1. The van der Waals surface area contributed by atoms with Gasteiger partial charge in [-0.05, 0) is 43.2 Å². The number of aromatic nitrogens is 2. The molecule has 0 atom stereocenters. The fourth-order valence-corrected chi connectivity index (χ4v) is 3.14. The summed E-state index contributed by atoms with van der Waals surface area (Å²) in [6.07, 6.45) is 0.512. The lowest BCUT2D eigenvalue weighted by molar-refractivity contribution is -0.121. The molecule has 2 N–H and O–H groups in total. The Morgan fingerprint density at radius 2 is 1.74 bits per heavy atom. The lowest BCUT2D eigenvalue weighted by Gasteiger charge is -2.07. The Bertz CT molecular complexity index is 1050. The minimum absolute atomic E-state index is 0.0541. The van der Waals surface area contributed by atoms with Crippen LogP contribution >= 0.6 is 0 Å². The van der Waals surface area contributed by atoms with Gasteiger partial charge in [0, 0.05) is 13.1 Å². The molecule has 27 heavy (non-hydrogen) atoms. The molecule has 0 aliphatic heterocycles. The first-order chi connectivity index (χ1) is 13.0. The van der Waals surface area contributed by atoms with E-state index in [4.69, 9.17) is 5.11 Å². The number of carboxylic acid groups (broad SMARTS) is 1. The van der Waals surface area contributed by atoms with Gasteiger partial charge in [-0.15, -0.1) is 0 Å². The van der Waals surface area contributed by atoms with Gasteiger partial charge < -0.3 is 10.4 Å². The molecule has 0 radical (unpaired) electrons. The number of hydrogen-bond donors (Lipinski definition) is 2. The Morgan fingerprint density at radius 1 is 1.04 bits per heavy atom. The predicted molar refractivity (Wildman–Crippen MR) is 102 cm³/mol. The Balaban J connectivity index is 1.66. The van der Waals surface area contributed by atoms with E-state index in [1.54, 1.807) is 16.7 Å².